The third-order valence-corrected chi connectivity index (χ3v) is 6.25. The molecule has 0 radical (unpaired) electrons. The zero-order chi connectivity index (χ0) is 19.8. The Balaban J connectivity index is 1.61. The van der Waals surface area contributed by atoms with Gasteiger partial charge in [0.15, 0.2) is 5.60 Å². The summed E-state index contributed by atoms with van der Waals surface area (Å²) in [5, 5.41) is 9.18. The van der Waals surface area contributed by atoms with E-state index in [4.69, 9.17) is 9.47 Å². The van der Waals surface area contributed by atoms with Gasteiger partial charge in [-0.1, -0.05) is 12.1 Å². The number of aromatic nitrogens is 2. The van der Waals surface area contributed by atoms with Gasteiger partial charge in [-0.3, -0.25) is 9.97 Å². The van der Waals surface area contributed by atoms with Gasteiger partial charge in [-0.2, -0.15) is 10.2 Å². The second-order valence-corrected chi connectivity index (χ2v) is 7.75. The first-order chi connectivity index (χ1) is 14.2. The Morgan fingerprint density at radius 3 is 2.31 bits per heavy atom. The van der Waals surface area contributed by atoms with Crippen LogP contribution in [0.5, 0.6) is 0 Å². The molecule has 29 heavy (non-hydrogen) atoms. The van der Waals surface area contributed by atoms with Crippen LogP contribution in [0, 0.1) is 11.8 Å². The average Bonchev–Trinajstić information content (AvgIpc) is 3.14. The molecule has 0 aromatic carbocycles. The van der Waals surface area contributed by atoms with E-state index in [-0.39, 0.29) is 23.9 Å². The van der Waals surface area contributed by atoms with Crippen molar-refractivity contribution >= 4 is 17.4 Å². The maximum Gasteiger partial charge on any atom is 0.338 e. The molecule has 5 heterocycles. The highest BCUT2D eigenvalue weighted by atomic mass is 16.6. The fourth-order valence-corrected chi connectivity index (χ4v) is 4.90. The van der Waals surface area contributed by atoms with Crippen molar-refractivity contribution in [3.63, 3.8) is 0 Å². The lowest BCUT2D eigenvalue weighted by Gasteiger charge is -2.33. The zero-order valence-corrected chi connectivity index (χ0v) is 16.2. The van der Waals surface area contributed by atoms with Crippen LogP contribution >= 0.6 is 0 Å². The summed E-state index contributed by atoms with van der Waals surface area (Å²) in [5.41, 5.74) is 2.42. The van der Waals surface area contributed by atoms with Crippen LogP contribution in [0.2, 0.25) is 0 Å². The first kappa shape index (κ1) is 18.1. The summed E-state index contributed by atoms with van der Waals surface area (Å²) in [6.07, 6.45) is 6.17. The summed E-state index contributed by atoms with van der Waals surface area (Å²) >= 11 is 0. The maximum absolute atomic E-state index is 12.6. The first-order valence-electron chi connectivity index (χ1n) is 9.96. The van der Waals surface area contributed by atoms with Crippen molar-refractivity contribution in [3.8, 4) is 0 Å². The minimum atomic E-state index is -0.874. The number of hydrogen-bond donors (Lipinski definition) is 0. The molecule has 0 aliphatic carbocycles. The summed E-state index contributed by atoms with van der Waals surface area (Å²) in [6.45, 7) is 0. The maximum atomic E-state index is 12.6. The molecule has 148 valence electrons. The van der Waals surface area contributed by atoms with E-state index in [0.717, 1.165) is 35.7 Å². The van der Waals surface area contributed by atoms with E-state index >= 15 is 0 Å². The molecule has 2 aromatic heterocycles. The standard InChI is InChI=1S/C22H22N4O3/c1-28-21(27)22-10-8-14-18(17(29-22)9-11-22)20(16-7-3-5-13-24-16)26-25-19(14)15-6-2-4-12-23-15/h2-7,12-14,17-18H,8-11H2,1H3. The monoisotopic (exact) mass is 390 g/mol. The second kappa shape index (κ2) is 7.15. The molecular formula is C22H22N4O3. The topological polar surface area (TPSA) is 86.0 Å². The van der Waals surface area contributed by atoms with Crippen LogP contribution in [0.15, 0.2) is 59.0 Å². The second-order valence-electron chi connectivity index (χ2n) is 7.75. The highest BCUT2D eigenvalue weighted by molar-refractivity contribution is 6.10. The van der Waals surface area contributed by atoms with Crippen molar-refractivity contribution in [1.29, 1.82) is 0 Å². The van der Waals surface area contributed by atoms with Gasteiger partial charge in [0.2, 0.25) is 0 Å². The number of nitrogens with zero attached hydrogens (tertiary/aromatic N) is 4. The van der Waals surface area contributed by atoms with Gasteiger partial charge in [-0.25, -0.2) is 4.79 Å². The normalized spacial score (nSPS) is 30.6. The highest BCUT2D eigenvalue weighted by Crippen LogP contribution is 2.48. The van der Waals surface area contributed by atoms with Crippen molar-refractivity contribution < 1.29 is 14.3 Å². The molecule has 2 bridgehead atoms. The van der Waals surface area contributed by atoms with E-state index in [1.165, 1.54) is 7.11 Å². The number of ether oxygens (including phenoxy) is 2. The third-order valence-electron chi connectivity index (χ3n) is 6.25. The van der Waals surface area contributed by atoms with Crippen LogP contribution in [-0.4, -0.2) is 46.2 Å². The van der Waals surface area contributed by atoms with Crippen molar-refractivity contribution in [2.24, 2.45) is 22.0 Å². The fraction of sp³-hybridized carbons (Fsp3) is 0.409. The van der Waals surface area contributed by atoms with Crippen LogP contribution in [0.3, 0.4) is 0 Å². The molecule has 7 nitrogen and oxygen atoms in total. The largest absolute Gasteiger partial charge is 0.467 e. The average molecular weight is 390 g/mol. The number of pyridine rings is 2. The molecule has 7 heteroatoms. The molecule has 3 aliphatic heterocycles. The van der Waals surface area contributed by atoms with E-state index < -0.39 is 5.60 Å². The molecule has 5 rings (SSSR count). The Morgan fingerprint density at radius 1 is 1.00 bits per heavy atom. The van der Waals surface area contributed by atoms with Crippen molar-refractivity contribution in [1.82, 2.24) is 9.97 Å². The quantitative estimate of drug-likeness (QED) is 0.752. The Kier molecular flexibility index (Phi) is 4.47. The van der Waals surface area contributed by atoms with Crippen molar-refractivity contribution in [2.75, 3.05) is 7.11 Å². The third kappa shape index (κ3) is 2.97. The van der Waals surface area contributed by atoms with E-state index in [9.17, 15) is 4.79 Å². The molecule has 2 saturated heterocycles. The smallest absolute Gasteiger partial charge is 0.338 e. The number of carbonyl (C=O) groups excluding carboxylic acids is 1. The first-order valence-corrected chi connectivity index (χ1v) is 9.96. The summed E-state index contributed by atoms with van der Waals surface area (Å²) in [4.78, 5) is 21.6. The molecule has 0 spiro atoms. The lowest BCUT2D eigenvalue weighted by atomic mass is 9.72. The fourth-order valence-electron chi connectivity index (χ4n) is 4.90. The number of hydrogen-bond acceptors (Lipinski definition) is 7. The molecule has 0 amide bonds. The molecule has 0 N–H and O–H groups in total. The number of rotatable bonds is 3. The Morgan fingerprint density at radius 2 is 1.66 bits per heavy atom. The van der Waals surface area contributed by atoms with Gasteiger partial charge in [0.25, 0.3) is 0 Å². The number of methoxy groups -OCH3 is 1. The number of fused-ring (bicyclic) bond motifs is 4. The van der Waals surface area contributed by atoms with Gasteiger partial charge >= 0.3 is 5.97 Å². The highest BCUT2D eigenvalue weighted by Gasteiger charge is 2.56. The lowest BCUT2D eigenvalue weighted by molar-refractivity contribution is -0.168. The molecular weight excluding hydrogens is 368 g/mol. The minimum Gasteiger partial charge on any atom is -0.467 e. The van der Waals surface area contributed by atoms with Crippen molar-refractivity contribution in [3.05, 3.63) is 60.2 Å². The SMILES string of the molecule is COC(=O)C12CCC(O1)C1C(c3ccccn3)=NN=C(c3ccccn3)C1CC2. The van der Waals surface area contributed by atoms with Crippen LogP contribution in [-0.2, 0) is 14.3 Å². The van der Waals surface area contributed by atoms with Gasteiger partial charge in [0.05, 0.1) is 36.0 Å². The molecule has 4 unspecified atom stereocenters. The van der Waals surface area contributed by atoms with E-state index in [1.54, 1.807) is 12.4 Å². The van der Waals surface area contributed by atoms with Gasteiger partial charge in [-0.15, -0.1) is 0 Å². The molecule has 3 aliphatic rings. The minimum absolute atomic E-state index is 0.0339. The molecule has 0 saturated carbocycles. The van der Waals surface area contributed by atoms with Crippen LogP contribution in [0.1, 0.15) is 37.1 Å². The van der Waals surface area contributed by atoms with Crippen LogP contribution < -0.4 is 0 Å². The van der Waals surface area contributed by atoms with Gasteiger partial charge in [-0.05, 0) is 49.9 Å². The lowest BCUT2D eigenvalue weighted by Crippen LogP contribution is -2.41. The predicted molar refractivity (Wildman–Crippen MR) is 107 cm³/mol. The van der Waals surface area contributed by atoms with E-state index in [1.807, 2.05) is 36.4 Å². The Labute approximate surface area is 168 Å². The summed E-state index contributed by atoms with van der Waals surface area (Å²) in [5.74, 6) is -0.268. The molecule has 4 atom stereocenters. The van der Waals surface area contributed by atoms with Gasteiger partial charge in [0.1, 0.15) is 0 Å². The zero-order valence-electron chi connectivity index (χ0n) is 16.2. The van der Waals surface area contributed by atoms with Gasteiger partial charge in [0, 0.05) is 24.2 Å². The summed E-state index contributed by atoms with van der Waals surface area (Å²) in [7, 11) is 1.42. The Hall–Kier alpha value is -2.93. The van der Waals surface area contributed by atoms with Crippen molar-refractivity contribution in [2.45, 2.75) is 37.4 Å². The van der Waals surface area contributed by atoms with Crippen LogP contribution in [0.25, 0.3) is 0 Å². The Bertz CT molecular complexity index is 976. The molecule has 2 fully saturated rings. The van der Waals surface area contributed by atoms with E-state index in [2.05, 4.69) is 20.2 Å². The molecule has 2 aromatic rings. The van der Waals surface area contributed by atoms with E-state index in [0.29, 0.717) is 12.8 Å². The summed E-state index contributed by atoms with van der Waals surface area (Å²) < 4.78 is 11.5. The number of carbonyl (C=O) groups is 1. The summed E-state index contributed by atoms with van der Waals surface area (Å²) in [6, 6.07) is 11.6. The number of esters is 1. The van der Waals surface area contributed by atoms with Crippen LogP contribution in [0.4, 0.5) is 0 Å². The van der Waals surface area contributed by atoms with Gasteiger partial charge < -0.3 is 9.47 Å². The predicted octanol–water partition coefficient (Wildman–Crippen LogP) is 2.80.